The number of amides is 2. The van der Waals surface area contributed by atoms with E-state index < -0.39 is 12.0 Å². The third-order valence-corrected chi connectivity index (χ3v) is 3.34. The monoisotopic (exact) mass is 400 g/mol. The fraction of sp³-hybridized carbons (Fsp3) is 0.154. The van der Waals surface area contributed by atoms with E-state index in [1.807, 2.05) is 22.6 Å². The molecule has 0 saturated carbocycles. The van der Waals surface area contributed by atoms with Crippen molar-refractivity contribution < 1.29 is 14.7 Å². The van der Waals surface area contributed by atoms with E-state index in [0.717, 1.165) is 9.13 Å². The second-order valence-corrected chi connectivity index (χ2v) is 5.57. The van der Waals surface area contributed by atoms with E-state index in [4.69, 9.17) is 5.11 Å². The number of anilines is 1. The van der Waals surface area contributed by atoms with Crippen molar-refractivity contribution in [2.24, 2.45) is 7.05 Å². The van der Waals surface area contributed by atoms with Crippen molar-refractivity contribution in [3.05, 3.63) is 45.3 Å². The van der Waals surface area contributed by atoms with Gasteiger partial charge >= 0.3 is 12.0 Å². The molecule has 1 aromatic carbocycles. The molecule has 2 amide bonds. The number of aryl methyl sites for hydroxylation is 1. The third kappa shape index (κ3) is 4.18. The van der Waals surface area contributed by atoms with E-state index in [9.17, 15) is 9.59 Å². The molecule has 3 N–H and O–H groups in total. The number of aromatic nitrogens is 2. The van der Waals surface area contributed by atoms with Gasteiger partial charge in [0.1, 0.15) is 0 Å². The second-order valence-electron chi connectivity index (χ2n) is 4.32. The lowest BCUT2D eigenvalue weighted by Gasteiger charge is -2.09. The van der Waals surface area contributed by atoms with Gasteiger partial charge in [0.25, 0.3) is 0 Å². The lowest BCUT2D eigenvalue weighted by molar-refractivity contribution is 0.0698. The Balaban J connectivity index is 2.01. The van der Waals surface area contributed by atoms with Crippen molar-refractivity contribution in [2.75, 3.05) is 5.32 Å². The number of carboxylic acids is 1. The summed E-state index contributed by atoms with van der Waals surface area (Å²) in [5.41, 5.74) is 1.17. The summed E-state index contributed by atoms with van der Waals surface area (Å²) in [5.74, 6) is -1.09. The number of carbonyl (C=O) groups excluding carboxylic acids is 1. The highest BCUT2D eigenvalue weighted by Crippen LogP contribution is 2.18. The molecule has 0 aliphatic heterocycles. The summed E-state index contributed by atoms with van der Waals surface area (Å²) in [6.45, 7) is 0.312. The van der Waals surface area contributed by atoms with Crippen LogP contribution in [0.15, 0.2) is 30.6 Å². The average Bonchev–Trinajstić information content (AvgIpc) is 2.84. The number of nitrogens with one attached hydrogen (secondary N) is 2. The lowest BCUT2D eigenvalue weighted by atomic mass is 10.2. The number of carboxylic acid groups (broad SMARTS) is 1. The van der Waals surface area contributed by atoms with Gasteiger partial charge in [0.05, 0.1) is 17.4 Å². The van der Waals surface area contributed by atoms with E-state index in [1.54, 1.807) is 36.3 Å². The molecule has 1 heterocycles. The predicted octanol–water partition coefficient (Wildman–Crippen LogP) is 2.04. The molecular weight excluding hydrogens is 387 g/mol. The molecular formula is C13H13IN4O3. The number of nitrogens with zero attached hydrogens (tertiary/aromatic N) is 2. The zero-order valence-corrected chi connectivity index (χ0v) is 13.3. The minimum atomic E-state index is -1.09. The van der Waals surface area contributed by atoms with E-state index in [1.165, 1.54) is 6.07 Å². The number of aromatic carboxylic acids is 1. The minimum absolute atomic E-state index is 0.0541. The summed E-state index contributed by atoms with van der Waals surface area (Å²) in [6, 6.07) is 4.32. The number of halogens is 1. The Morgan fingerprint density at radius 2 is 2.19 bits per heavy atom. The van der Waals surface area contributed by atoms with Crippen molar-refractivity contribution in [3.63, 3.8) is 0 Å². The highest BCUT2D eigenvalue weighted by molar-refractivity contribution is 14.1. The second kappa shape index (κ2) is 6.57. The lowest BCUT2D eigenvalue weighted by Crippen LogP contribution is -2.28. The van der Waals surface area contributed by atoms with Crippen LogP contribution in [0, 0.1) is 3.57 Å². The fourth-order valence-corrected chi connectivity index (χ4v) is 2.21. The van der Waals surface area contributed by atoms with Crippen LogP contribution in [0.2, 0.25) is 0 Å². The molecule has 7 nitrogen and oxygen atoms in total. The number of urea groups is 1. The summed E-state index contributed by atoms with van der Waals surface area (Å²) in [6.07, 6.45) is 3.43. The Hall–Kier alpha value is -2.10. The summed E-state index contributed by atoms with van der Waals surface area (Å²) >= 11 is 2.01. The number of carbonyl (C=O) groups is 2. The molecule has 0 radical (unpaired) electrons. The Morgan fingerprint density at radius 3 is 2.81 bits per heavy atom. The standard InChI is InChI=1S/C13H13IN4O3/c1-18-7-8(6-16-18)5-15-13(21)17-11-3-2-9(14)4-10(11)12(19)20/h2-4,6-7H,5H2,1H3,(H,19,20)(H2,15,17,21). The van der Waals surface area contributed by atoms with Crippen LogP contribution in [-0.4, -0.2) is 26.9 Å². The zero-order valence-electron chi connectivity index (χ0n) is 11.1. The molecule has 21 heavy (non-hydrogen) atoms. The van der Waals surface area contributed by atoms with Gasteiger partial charge in [-0.05, 0) is 40.8 Å². The molecule has 0 atom stereocenters. The first-order valence-corrected chi connectivity index (χ1v) is 7.09. The quantitative estimate of drug-likeness (QED) is 0.685. The largest absolute Gasteiger partial charge is 0.478 e. The normalized spacial score (nSPS) is 10.2. The Labute approximate surface area is 134 Å². The Morgan fingerprint density at radius 1 is 1.43 bits per heavy atom. The van der Waals surface area contributed by atoms with Crippen molar-refractivity contribution in [1.82, 2.24) is 15.1 Å². The van der Waals surface area contributed by atoms with Crippen LogP contribution in [-0.2, 0) is 13.6 Å². The first kappa shape index (κ1) is 15.3. The van der Waals surface area contributed by atoms with Crippen LogP contribution >= 0.6 is 22.6 Å². The Kier molecular flexibility index (Phi) is 4.78. The smallest absolute Gasteiger partial charge is 0.337 e. The van der Waals surface area contributed by atoms with Crippen LogP contribution < -0.4 is 10.6 Å². The van der Waals surface area contributed by atoms with Crippen LogP contribution in [0.5, 0.6) is 0 Å². The highest BCUT2D eigenvalue weighted by atomic mass is 127. The summed E-state index contributed by atoms with van der Waals surface area (Å²) in [7, 11) is 1.79. The van der Waals surface area contributed by atoms with Crippen molar-refractivity contribution in [2.45, 2.75) is 6.54 Å². The van der Waals surface area contributed by atoms with Gasteiger partial charge in [0.2, 0.25) is 0 Å². The van der Waals surface area contributed by atoms with Gasteiger partial charge in [-0.2, -0.15) is 5.10 Å². The zero-order chi connectivity index (χ0) is 15.4. The SMILES string of the molecule is Cn1cc(CNC(=O)Nc2ccc(I)cc2C(=O)O)cn1. The van der Waals surface area contributed by atoms with Crippen LogP contribution in [0.1, 0.15) is 15.9 Å². The van der Waals surface area contributed by atoms with Crippen molar-refractivity contribution >= 4 is 40.3 Å². The van der Waals surface area contributed by atoms with Crippen molar-refractivity contribution in [3.8, 4) is 0 Å². The van der Waals surface area contributed by atoms with Gasteiger partial charge in [-0.25, -0.2) is 9.59 Å². The number of benzene rings is 1. The fourth-order valence-electron chi connectivity index (χ4n) is 1.71. The molecule has 0 bridgehead atoms. The van der Waals surface area contributed by atoms with E-state index in [-0.39, 0.29) is 11.3 Å². The molecule has 0 saturated heterocycles. The maximum absolute atomic E-state index is 11.8. The van der Waals surface area contributed by atoms with Gasteiger partial charge in [0, 0.05) is 28.9 Å². The molecule has 1 aromatic heterocycles. The van der Waals surface area contributed by atoms with Crippen molar-refractivity contribution in [1.29, 1.82) is 0 Å². The van der Waals surface area contributed by atoms with E-state index >= 15 is 0 Å². The molecule has 110 valence electrons. The molecule has 0 aliphatic rings. The van der Waals surface area contributed by atoms with Gasteiger partial charge in [0.15, 0.2) is 0 Å². The molecule has 0 unspecified atom stereocenters. The summed E-state index contributed by atoms with van der Waals surface area (Å²) in [5, 5.41) is 18.3. The van der Waals surface area contributed by atoms with Crippen LogP contribution in [0.25, 0.3) is 0 Å². The van der Waals surface area contributed by atoms with Gasteiger partial charge in [-0.15, -0.1) is 0 Å². The highest BCUT2D eigenvalue weighted by Gasteiger charge is 2.12. The molecule has 2 aromatic rings. The maximum atomic E-state index is 11.8. The molecule has 2 rings (SSSR count). The first-order valence-electron chi connectivity index (χ1n) is 6.01. The summed E-state index contributed by atoms with van der Waals surface area (Å²) < 4.78 is 2.42. The van der Waals surface area contributed by atoms with Gasteiger partial charge in [-0.1, -0.05) is 0 Å². The Bertz CT molecular complexity index is 684. The number of hydrogen-bond donors (Lipinski definition) is 3. The van der Waals surface area contributed by atoms with Gasteiger partial charge < -0.3 is 15.7 Å². The van der Waals surface area contributed by atoms with Gasteiger partial charge in [-0.3, -0.25) is 4.68 Å². The summed E-state index contributed by atoms with van der Waals surface area (Å²) in [4.78, 5) is 23.0. The first-order chi connectivity index (χ1) is 9.95. The topological polar surface area (TPSA) is 96.2 Å². The van der Waals surface area contributed by atoms with Crippen LogP contribution in [0.4, 0.5) is 10.5 Å². The van der Waals surface area contributed by atoms with Crippen LogP contribution in [0.3, 0.4) is 0 Å². The average molecular weight is 400 g/mol. The third-order valence-electron chi connectivity index (χ3n) is 2.67. The number of hydrogen-bond acceptors (Lipinski definition) is 3. The predicted molar refractivity (Wildman–Crippen MR) is 85.2 cm³/mol. The molecule has 0 fully saturated rings. The number of rotatable bonds is 4. The maximum Gasteiger partial charge on any atom is 0.337 e. The minimum Gasteiger partial charge on any atom is -0.478 e. The molecule has 8 heteroatoms. The molecule has 0 spiro atoms. The van der Waals surface area contributed by atoms with E-state index in [0.29, 0.717) is 6.54 Å². The molecule has 0 aliphatic carbocycles. The van der Waals surface area contributed by atoms with E-state index in [2.05, 4.69) is 15.7 Å².